The topological polar surface area (TPSA) is 47.0 Å². The lowest BCUT2D eigenvalue weighted by molar-refractivity contribution is 0.602. The van der Waals surface area contributed by atoms with Crippen molar-refractivity contribution in [1.29, 1.82) is 0 Å². The van der Waals surface area contributed by atoms with Gasteiger partial charge in [-0.15, -0.1) is 0 Å². The van der Waals surface area contributed by atoms with Gasteiger partial charge in [-0.2, -0.15) is 0 Å². The zero-order chi connectivity index (χ0) is 15.7. The van der Waals surface area contributed by atoms with E-state index in [1.54, 1.807) is 12.1 Å². The monoisotopic (exact) mass is 311 g/mol. The summed E-state index contributed by atoms with van der Waals surface area (Å²) in [5.74, 6) is 0. The number of benzene rings is 1. The van der Waals surface area contributed by atoms with E-state index in [4.69, 9.17) is 0 Å². The molecule has 0 fully saturated rings. The molecular weight excluding hydrogens is 294 g/mol. The van der Waals surface area contributed by atoms with E-state index in [1.165, 1.54) is 6.26 Å². The van der Waals surface area contributed by atoms with Crippen molar-refractivity contribution in [3.8, 4) is 0 Å². The minimum atomic E-state index is -3.16. The van der Waals surface area contributed by atoms with Crippen LogP contribution in [0.3, 0.4) is 0 Å². The summed E-state index contributed by atoms with van der Waals surface area (Å²) in [4.78, 5) is 4.83. The van der Waals surface area contributed by atoms with Crippen LogP contribution in [0.1, 0.15) is 23.2 Å². The highest BCUT2D eigenvalue weighted by atomic mass is 32.2. The third-order valence-electron chi connectivity index (χ3n) is 3.71. The smallest absolute Gasteiger partial charge is 0.175 e. The molecule has 0 radical (unpaired) electrons. The molecule has 1 aliphatic carbocycles. The maximum atomic E-state index is 11.5. The van der Waals surface area contributed by atoms with Crippen LogP contribution in [0.5, 0.6) is 0 Å². The average molecular weight is 311 g/mol. The van der Waals surface area contributed by atoms with Crippen LogP contribution in [0.15, 0.2) is 59.6 Å². The fraction of sp³-hybridized carbons (Fsp3) is 0.167. The van der Waals surface area contributed by atoms with Gasteiger partial charge in [0.25, 0.3) is 0 Å². The van der Waals surface area contributed by atoms with E-state index in [0.29, 0.717) is 4.90 Å². The van der Waals surface area contributed by atoms with Crippen LogP contribution in [-0.2, 0) is 9.84 Å². The highest BCUT2D eigenvalue weighted by Crippen LogP contribution is 2.35. The Balaban J connectivity index is 1.95. The Morgan fingerprint density at radius 1 is 0.955 bits per heavy atom. The van der Waals surface area contributed by atoms with Crippen molar-refractivity contribution in [2.24, 2.45) is 0 Å². The fourth-order valence-electron chi connectivity index (χ4n) is 2.54. The van der Waals surface area contributed by atoms with E-state index >= 15 is 0 Å². The van der Waals surface area contributed by atoms with Crippen molar-refractivity contribution in [3.63, 3.8) is 0 Å². The minimum absolute atomic E-state index is 0.342. The molecule has 0 amide bonds. The minimum Gasteiger partial charge on any atom is -0.256 e. The van der Waals surface area contributed by atoms with Crippen molar-refractivity contribution in [2.45, 2.75) is 18.2 Å². The predicted octanol–water partition coefficient (Wildman–Crippen LogP) is 3.66. The third kappa shape index (κ3) is 2.88. The normalized spacial score (nSPS) is 14.6. The fourth-order valence-corrected chi connectivity index (χ4v) is 3.17. The molecule has 3 nitrogen and oxygen atoms in total. The van der Waals surface area contributed by atoms with Crippen LogP contribution >= 0.6 is 0 Å². The van der Waals surface area contributed by atoms with Gasteiger partial charge in [0.2, 0.25) is 0 Å². The van der Waals surface area contributed by atoms with Crippen LogP contribution in [0, 0.1) is 6.92 Å². The molecule has 0 N–H and O–H groups in total. The zero-order valence-electron chi connectivity index (χ0n) is 12.6. The number of hydrogen-bond acceptors (Lipinski definition) is 3. The van der Waals surface area contributed by atoms with Crippen LogP contribution < -0.4 is 0 Å². The second-order valence-corrected chi connectivity index (χ2v) is 7.50. The van der Waals surface area contributed by atoms with Gasteiger partial charge in [0.1, 0.15) is 0 Å². The van der Waals surface area contributed by atoms with E-state index in [0.717, 1.165) is 34.4 Å². The van der Waals surface area contributed by atoms with Gasteiger partial charge in [-0.25, -0.2) is 8.42 Å². The molecule has 1 aliphatic rings. The molecule has 0 aliphatic heterocycles. The number of pyridine rings is 1. The summed E-state index contributed by atoms with van der Waals surface area (Å²) < 4.78 is 23.1. The summed E-state index contributed by atoms with van der Waals surface area (Å²) in [5, 5.41) is 0. The van der Waals surface area contributed by atoms with Crippen LogP contribution in [0.4, 0.5) is 0 Å². The van der Waals surface area contributed by atoms with E-state index < -0.39 is 9.84 Å². The first-order chi connectivity index (χ1) is 10.4. The first kappa shape index (κ1) is 14.7. The third-order valence-corrected chi connectivity index (χ3v) is 4.84. The number of hydrogen-bond donors (Lipinski definition) is 0. The first-order valence-electron chi connectivity index (χ1n) is 7.09. The molecule has 1 aromatic heterocycles. The van der Waals surface area contributed by atoms with E-state index in [9.17, 15) is 8.42 Å². The Labute approximate surface area is 131 Å². The zero-order valence-corrected chi connectivity index (χ0v) is 13.4. The number of aryl methyl sites for hydroxylation is 1. The summed E-state index contributed by atoms with van der Waals surface area (Å²) in [6.07, 6.45) is 8.25. The SMILES string of the molecule is Cc1ccc(C2=CCC=C2c2ccc(S(C)(=O)=O)cc2)nc1. The maximum Gasteiger partial charge on any atom is 0.175 e. The van der Waals surface area contributed by atoms with Gasteiger partial charge in [0, 0.05) is 18.0 Å². The Bertz CT molecular complexity index is 858. The summed E-state index contributed by atoms with van der Waals surface area (Å²) in [5.41, 5.74) is 5.30. The van der Waals surface area contributed by atoms with Gasteiger partial charge in [-0.05, 0) is 48.2 Å². The largest absolute Gasteiger partial charge is 0.256 e. The molecule has 0 bridgehead atoms. The highest BCUT2D eigenvalue weighted by molar-refractivity contribution is 7.90. The Morgan fingerprint density at radius 2 is 1.64 bits per heavy atom. The lowest BCUT2D eigenvalue weighted by Crippen LogP contribution is -1.97. The molecule has 0 atom stereocenters. The van der Waals surface area contributed by atoms with E-state index in [2.05, 4.69) is 17.1 Å². The second-order valence-electron chi connectivity index (χ2n) is 5.49. The molecule has 0 unspecified atom stereocenters. The Morgan fingerprint density at radius 3 is 2.23 bits per heavy atom. The highest BCUT2D eigenvalue weighted by Gasteiger charge is 2.16. The lowest BCUT2D eigenvalue weighted by Gasteiger charge is -2.10. The number of aromatic nitrogens is 1. The molecule has 3 rings (SSSR count). The molecule has 0 saturated heterocycles. The molecule has 1 aromatic carbocycles. The number of rotatable bonds is 3. The van der Waals surface area contributed by atoms with Gasteiger partial charge in [-0.3, -0.25) is 4.98 Å². The van der Waals surface area contributed by atoms with Crippen molar-refractivity contribution >= 4 is 21.0 Å². The molecule has 0 saturated carbocycles. The average Bonchev–Trinajstić information content (AvgIpc) is 2.97. The standard InChI is InChI=1S/C18H17NO2S/c1-13-6-11-18(19-12-13)17-5-3-4-16(17)14-7-9-15(10-8-14)22(2,20)21/h4-12H,3H2,1-2H3. The van der Waals surface area contributed by atoms with Gasteiger partial charge >= 0.3 is 0 Å². The molecule has 2 aromatic rings. The molecular formula is C18H17NO2S. The summed E-state index contributed by atoms with van der Waals surface area (Å²) in [7, 11) is -3.16. The molecule has 4 heteroatoms. The summed E-state index contributed by atoms with van der Waals surface area (Å²) in [6.45, 7) is 2.01. The lowest BCUT2D eigenvalue weighted by atomic mass is 9.98. The number of sulfone groups is 1. The Hall–Kier alpha value is -2.20. The van der Waals surface area contributed by atoms with Crippen molar-refractivity contribution in [1.82, 2.24) is 4.98 Å². The van der Waals surface area contributed by atoms with Crippen molar-refractivity contribution in [3.05, 3.63) is 71.6 Å². The van der Waals surface area contributed by atoms with E-state index in [1.807, 2.05) is 37.4 Å². The van der Waals surface area contributed by atoms with E-state index in [-0.39, 0.29) is 0 Å². The maximum absolute atomic E-state index is 11.5. The molecule has 22 heavy (non-hydrogen) atoms. The van der Waals surface area contributed by atoms with Gasteiger partial charge < -0.3 is 0 Å². The van der Waals surface area contributed by atoms with Crippen molar-refractivity contribution in [2.75, 3.05) is 6.26 Å². The molecule has 1 heterocycles. The summed E-state index contributed by atoms with van der Waals surface area (Å²) in [6, 6.07) is 11.1. The number of nitrogens with zero attached hydrogens (tertiary/aromatic N) is 1. The summed E-state index contributed by atoms with van der Waals surface area (Å²) >= 11 is 0. The van der Waals surface area contributed by atoms with Gasteiger partial charge in [-0.1, -0.05) is 30.4 Å². The van der Waals surface area contributed by atoms with Crippen LogP contribution in [-0.4, -0.2) is 19.7 Å². The predicted molar refractivity (Wildman–Crippen MR) is 89.1 cm³/mol. The van der Waals surface area contributed by atoms with Crippen LogP contribution in [0.2, 0.25) is 0 Å². The second kappa shape index (κ2) is 5.54. The molecule has 112 valence electrons. The quantitative estimate of drug-likeness (QED) is 0.869. The number of allylic oxidation sites excluding steroid dienone is 4. The van der Waals surface area contributed by atoms with Gasteiger partial charge in [0.15, 0.2) is 9.84 Å². The van der Waals surface area contributed by atoms with Crippen molar-refractivity contribution < 1.29 is 8.42 Å². The van der Waals surface area contributed by atoms with Crippen LogP contribution in [0.25, 0.3) is 11.1 Å². The van der Waals surface area contributed by atoms with Gasteiger partial charge in [0.05, 0.1) is 10.6 Å². The first-order valence-corrected chi connectivity index (χ1v) is 8.98. The molecule has 0 spiro atoms. The Kier molecular flexibility index (Phi) is 3.71.